The van der Waals surface area contributed by atoms with Gasteiger partial charge >= 0.3 is 0 Å². The van der Waals surface area contributed by atoms with Crippen molar-refractivity contribution in [3.05, 3.63) is 63.7 Å². The van der Waals surface area contributed by atoms with E-state index >= 15 is 0 Å². The van der Waals surface area contributed by atoms with Gasteiger partial charge in [-0.3, -0.25) is 14.5 Å². The minimum absolute atomic E-state index is 0.350. The largest absolute Gasteiger partial charge is 0.299 e. The van der Waals surface area contributed by atoms with Gasteiger partial charge in [0, 0.05) is 0 Å². The SMILES string of the molecule is Cc1ccc(CN2C(=O)C(=O)c3cccc(Cl)c32)cc1C. The number of ketones is 1. The van der Waals surface area contributed by atoms with Crippen LogP contribution in [-0.4, -0.2) is 11.7 Å². The van der Waals surface area contributed by atoms with Crippen LogP contribution in [0.3, 0.4) is 0 Å². The van der Waals surface area contributed by atoms with Crippen molar-refractivity contribution in [2.24, 2.45) is 0 Å². The van der Waals surface area contributed by atoms with E-state index in [-0.39, 0.29) is 0 Å². The molecule has 0 N–H and O–H groups in total. The monoisotopic (exact) mass is 299 g/mol. The van der Waals surface area contributed by atoms with Gasteiger partial charge < -0.3 is 0 Å². The van der Waals surface area contributed by atoms with Crippen molar-refractivity contribution in [2.75, 3.05) is 4.90 Å². The van der Waals surface area contributed by atoms with Crippen molar-refractivity contribution in [3.63, 3.8) is 0 Å². The molecule has 0 aliphatic carbocycles. The Morgan fingerprint density at radius 2 is 1.81 bits per heavy atom. The summed E-state index contributed by atoms with van der Waals surface area (Å²) < 4.78 is 0. The highest BCUT2D eigenvalue weighted by Gasteiger charge is 2.37. The standard InChI is InChI=1S/C17H14ClNO2/c1-10-6-7-12(8-11(10)2)9-19-15-13(16(20)17(19)21)4-3-5-14(15)18/h3-8H,9H2,1-2H3. The van der Waals surface area contributed by atoms with Gasteiger partial charge in [-0.1, -0.05) is 35.9 Å². The number of anilines is 1. The second kappa shape index (κ2) is 5.01. The lowest BCUT2D eigenvalue weighted by Crippen LogP contribution is -2.29. The van der Waals surface area contributed by atoms with Gasteiger partial charge in [-0.15, -0.1) is 0 Å². The van der Waals surface area contributed by atoms with Gasteiger partial charge in [-0.25, -0.2) is 0 Å². The highest BCUT2D eigenvalue weighted by Crippen LogP contribution is 2.36. The molecular formula is C17H14ClNO2. The van der Waals surface area contributed by atoms with Crippen LogP contribution < -0.4 is 4.90 Å². The van der Waals surface area contributed by atoms with E-state index in [4.69, 9.17) is 11.6 Å². The minimum Gasteiger partial charge on any atom is -0.299 e. The molecule has 0 aromatic heterocycles. The molecule has 2 aromatic carbocycles. The summed E-state index contributed by atoms with van der Waals surface area (Å²) >= 11 is 6.17. The molecule has 1 heterocycles. The average Bonchev–Trinajstić information content (AvgIpc) is 2.69. The van der Waals surface area contributed by atoms with Crippen LogP contribution in [0, 0.1) is 13.8 Å². The van der Waals surface area contributed by atoms with Gasteiger partial charge in [0.15, 0.2) is 0 Å². The van der Waals surface area contributed by atoms with Crippen LogP contribution in [-0.2, 0) is 11.3 Å². The maximum Gasteiger partial charge on any atom is 0.299 e. The van der Waals surface area contributed by atoms with Crippen molar-refractivity contribution >= 4 is 29.0 Å². The highest BCUT2D eigenvalue weighted by atomic mass is 35.5. The molecule has 0 unspecified atom stereocenters. The van der Waals surface area contributed by atoms with Crippen molar-refractivity contribution in [1.29, 1.82) is 0 Å². The van der Waals surface area contributed by atoms with Crippen LogP contribution in [0.25, 0.3) is 0 Å². The first-order valence-electron chi connectivity index (χ1n) is 6.70. The summed E-state index contributed by atoms with van der Waals surface area (Å²) in [6, 6.07) is 11.0. The molecule has 1 aliphatic heterocycles. The van der Waals surface area contributed by atoms with Gasteiger partial charge in [0.2, 0.25) is 0 Å². The summed E-state index contributed by atoms with van der Waals surface area (Å²) in [5.74, 6) is -1.01. The number of carbonyl (C=O) groups excluding carboxylic acids is 2. The lowest BCUT2D eigenvalue weighted by Gasteiger charge is -2.18. The van der Waals surface area contributed by atoms with Gasteiger partial charge in [-0.2, -0.15) is 0 Å². The number of amides is 1. The zero-order chi connectivity index (χ0) is 15.1. The number of carbonyl (C=O) groups is 2. The van der Waals surface area contributed by atoms with E-state index in [1.807, 2.05) is 32.0 Å². The molecule has 3 nitrogen and oxygen atoms in total. The number of hydrogen-bond donors (Lipinski definition) is 0. The first-order chi connectivity index (χ1) is 9.99. The van der Waals surface area contributed by atoms with Crippen LogP contribution >= 0.6 is 11.6 Å². The highest BCUT2D eigenvalue weighted by molar-refractivity contribution is 6.54. The first-order valence-corrected chi connectivity index (χ1v) is 7.07. The number of rotatable bonds is 2. The molecule has 0 saturated carbocycles. The van der Waals surface area contributed by atoms with Gasteiger partial charge in [0.25, 0.3) is 11.7 Å². The van der Waals surface area contributed by atoms with E-state index < -0.39 is 11.7 Å². The molecule has 0 spiro atoms. The summed E-state index contributed by atoms with van der Waals surface area (Å²) in [4.78, 5) is 25.7. The number of para-hydroxylation sites is 1. The zero-order valence-corrected chi connectivity index (χ0v) is 12.6. The summed E-state index contributed by atoms with van der Waals surface area (Å²) in [6.07, 6.45) is 0. The van der Waals surface area contributed by atoms with Crippen molar-refractivity contribution in [3.8, 4) is 0 Å². The molecular weight excluding hydrogens is 286 g/mol. The molecule has 2 aromatic rings. The van der Waals surface area contributed by atoms with E-state index in [1.54, 1.807) is 18.2 Å². The number of halogens is 1. The number of fused-ring (bicyclic) bond motifs is 1. The molecule has 4 heteroatoms. The third kappa shape index (κ3) is 2.24. The maximum atomic E-state index is 12.2. The topological polar surface area (TPSA) is 37.4 Å². The Morgan fingerprint density at radius 1 is 1.05 bits per heavy atom. The lowest BCUT2D eigenvalue weighted by atomic mass is 10.1. The molecule has 0 atom stereocenters. The Kier molecular flexibility index (Phi) is 3.30. The Bertz CT molecular complexity index is 767. The van der Waals surface area contributed by atoms with Crippen LogP contribution in [0.2, 0.25) is 5.02 Å². The average molecular weight is 300 g/mol. The smallest absolute Gasteiger partial charge is 0.299 e. The van der Waals surface area contributed by atoms with Gasteiger partial charge in [0.1, 0.15) is 0 Å². The van der Waals surface area contributed by atoms with E-state index in [0.29, 0.717) is 22.8 Å². The fourth-order valence-corrected chi connectivity index (χ4v) is 2.82. The molecule has 21 heavy (non-hydrogen) atoms. The second-order valence-electron chi connectivity index (χ2n) is 5.28. The van der Waals surface area contributed by atoms with Crippen molar-refractivity contribution in [1.82, 2.24) is 0 Å². The molecule has 3 rings (SSSR count). The predicted molar refractivity (Wildman–Crippen MR) is 82.9 cm³/mol. The summed E-state index contributed by atoms with van der Waals surface area (Å²) in [5.41, 5.74) is 4.24. The molecule has 0 radical (unpaired) electrons. The minimum atomic E-state index is -0.517. The number of aryl methyl sites for hydroxylation is 2. The number of Topliss-reactive ketones (excluding diaryl/α,β-unsaturated/α-hetero) is 1. The van der Waals surface area contributed by atoms with E-state index in [0.717, 1.165) is 11.1 Å². The zero-order valence-electron chi connectivity index (χ0n) is 11.8. The number of benzene rings is 2. The fraction of sp³-hybridized carbons (Fsp3) is 0.176. The Balaban J connectivity index is 2.02. The van der Waals surface area contributed by atoms with Gasteiger partial charge in [-0.05, 0) is 42.7 Å². The van der Waals surface area contributed by atoms with Gasteiger partial charge in [0.05, 0.1) is 22.8 Å². The second-order valence-corrected chi connectivity index (χ2v) is 5.68. The molecule has 0 saturated heterocycles. The van der Waals surface area contributed by atoms with E-state index in [9.17, 15) is 9.59 Å². The lowest BCUT2D eigenvalue weighted by molar-refractivity contribution is -0.114. The quantitative estimate of drug-likeness (QED) is 0.793. The van der Waals surface area contributed by atoms with E-state index in [1.165, 1.54) is 10.5 Å². The fourth-order valence-electron chi connectivity index (χ4n) is 2.55. The molecule has 1 aliphatic rings. The molecule has 106 valence electrons. The third-order valence-electron chi connectivity index (χ3n) is 3.85. The van der Waals surface area contributed by atoms with Crippen molar-refractivity contribution < 1.29 is 9.59 Å². The Labute approximate surface area is 128 Å². The summed E-state index contributed by atoms with van der Waals surface area (Å²) in [6.45, 7) is 4.41. The predicted octanol–water partition coefficient (Wildman–Crippen LogP) is 3.69. The normalized spacial score (nSPS) is 13.8. The molecule has 0 fully saturated rings. The number of hydrogen-bond acceptors (Lipinski definition) is 2. The first kappa shape index (κ1) is 13.8. The van der Waals surface area contributed by atoms with Crippen LogP contribution in [0.15, 0.2) is 36.4 Å². The van der Waals surface area contributed by atoms with Crippen LogP contribution in [0.4, 0.5) is 5.69 Å². The Morgan fingerprint density at radius 3 is 2.52 bits per heavy atom. The molecule has 1 amide bonds. The third-order valence-corrected chi connectivity index (χ3v) is 4.16. The van der Waals surface area contributed by atoms with Crippen LogP contribution in [0.1, 0.15) is 27.0 Å². The Hall–Kier alpha value is -2.13. The van der Waals surface area contributed by atoms with E-state index in [2.05, 4.69) is 0 Å². The summed E-state index contributed by atoms with van der Waals surface area (Å²) in [5, 5.41) is 0.426. The number of nitrogens with zero attached hydrogens (tertiary/aromatic N) is 1. The van der Waals surface area contributed by atoms with Crippen LogP contribution in [0.5, 0.6) is 0 Å². The summed E-state index contributed by atoms with van der Waals surface area (Å²) in [7, 11) is 0. The molecule has 0 bridgehead atoms. The maximum absolute atomic E-state index is 12.2. The van der Waals surface area contributed by atoms with Crippen molar-refractivity contribution in [2.45, 2.75) is 20.4 Å².